The molecule has 2 unspecified atom stereocenters. The molecule has 1 fully saturated rings. The maximum atomic E-state index is 13.7. The molecule has 0 aromatic heterocycles. The van der Waals surface area contributed by atoms with Crippen molar-refractivity contribution in [3.05, 3.63) is 35.6 Å². The number of hydrogen-bond acceptors (Lipinski definition) is 3. The average Bonchev–Trinajstić information content (AvgIpc) is 2.90. The first-order chi connectivity index (χ1) is 10.8. The Bertz CT molecular complexity index is 528. The first-order valence-electron chi connectivity index (χ1n) is 8.29. The summed E-state index contributed by atoms with van der Waals surface area (Å²) in [6.07, 6.45) is 2.85. The monoisotopic (exact) mass is 322 g/mol. The van der Waals surface area contributed by atoms with Crippen LogP contribution in [0, 0.1) is 11.7 Å². The van der Waals surface area contributed by atoms with Crippen LogP contribution in [-0.4, -0.2) is 24.3 Å². The van der Waals surface area contributed by atoms with Crippen LogP contribution in [-0.2, 0) is 11.3 Å². The Morgan fingerprint density at radius 3 is 2.74 bits per heavy atom. The lowest BCUT2D eigenvalue weighted by Gasteiger charge is -2.24. The molecule has 0 radical (unpaired) electrons. The predicted molar refractivity (Wildman–Crippen MR) is 88.6 cm³/mol. The van der Waals surface area contributed by atoms with Gasteiger partial charge in [0.15, 0.2) is 0 Å². The summed E-state index contributed by atoms with van der Waals surface area (Å²) < 4.78 is 18.9. The fourth-order valence-electron chi connectivity index (χ4n) is 2.96. The zero-order chi connectivity index (χ0) is 16.9. The van der Waals surface area contributed by atoms with E-state index in [4.69, 9.17) is 4.74 Å². The third-order valence-electron chi connectivity index (χ3n) is 4.08. The highest BCUT2D eigenvalue weighted by Crippen LogP contribution is 2.25. The van der Waals surface area contributed by atoms with Gasteiger partial charge in [0.05, 0.1) is 0 Å². The number of rotatable bonds is 5. The molecule has 1 aromatic rings. The van der Waals surface area contributed by atoms with Gasteiger partial charge < -0.3 is 15.4 Å². The van der Waals surface area contributed by atoms with Crippen molar-refractivity contribution in [2.45, 2.75) is 58.2 Å². The van der Waals surface area contributed by atoms with E-state index in [1.54, 1.807) is 12.1 Å². The van der Waals surface area contributed by atoms with E-state index in [-0.39, 0.29) is 11.9 Å². The molecule has 128 valence electrons. The van der Waals surface area contributed by atoms with E-state index in [1.165, 1.54) is 6.07 Å². The summed E-state index contributed by atoms with van der Waals surface area (Å²) in [6, 6.07) is 7.11. The Hall–Kier alpha value is -1.62. The van der Waals surface area contributed by atoms with Gasteiger partial charge in [-0.15, -0.1) is 0 Å². The molecule has 0 heterocycles. The van der Waals surface area contributed by atoms with Crippen LogP contribution < -0.4 is 10.6 Å². The van der Waals surface area contributed by atoms with Gasteiger partial charge >= 0.3 is 6.09 Å². The average molecular weight is 322 g/mol. The van der Waals surface area contributed by atoms with Crippen molar-refractivity contribution in [1.29, 1.82) is 0 Å². The molecule has 1 saturated carbocycles. The number of halogens is 1. The van der Waals surface area contributed by atoms with Crippen LogP contribution in [0.25, 0.3) is 0 Å². The second-order valence-corrected chi connectivity index (χ2v) is 7.15. The van der Waals surface area contributed by atoms with Crippen molar-refractivity contribution in [3.63, 3.8) is 0 Å². The van der Waals surface area contributed by atoms with Crippen molar-refractivity contribution in [3.8, 4) is 0 Å². The van der Waals surface area contributed by atoms with Gasteiger partial charge in [-0.1, -0.05) is 24.6 Å². The predicted octanol–water partition coefficient (Wildman–Crippen LogP) is 3.61. The molecule has 1 aromatic carbocycles. The third-order valence-corrected chi connectivity index (χ3v) is 4.08. The van der Waals surface area contributed by atoms with E-state index in [0.29, 0.717) is 30.6 Å². The Balaban J connectivity index is 1.79. The lowest BCUT2D eigenvalue weighted by Crippen LogP contribution is -2.40. The molecule has 0 aliphatic heterocycles. The zero-order valence-electron chi connectivity index (χ0n) is 14.2. The minimum atomic E-state index is -0.484. The van der Waals surface area contributed by atoms with Crippen LogP contribution >= 0.6 is 0 Å². The van der Waals surface area contributed by atoms with Gasteiger partial charge in [0.25, 0.3) is 0 Å². The number of benzene rings is 1. The van der Waals surface area contributed by atoms with Gasteiger partial charge in [0.1, 0.15) is 11.4 Å². The number of carbonyl (C=O) groups is 1. The van der Waals surface area contributed by atoms with Gasteiger partial charge in [0.2, 0.25) is 0 Å². The van der Waals surface area contributed by atoms with Crippen LogP contribution in [0.15, 0.2) is 24.3 Å². The Labute approximate surface area is 137 Å². The van der Waals surface area contributed by atoms with E-state index in [0.717, 1.165) is 19.3 Å². The van der Waals surface area contributed by atoms with Crippen LogP contribution in [0.3, 0.4) is 0 Å². The van der Waals surface area contributed by atoms with E-state index in [9.17, 15) is 9.18 Å². The molecule has 23 heavy (non-hydrogen) atoms. The first kappa shape index (κ1) is 17.7. The molecule has 1 amide bonds. The summed E-state index contributed by atoms with van der Waals surface area (Å²) in [5.41, 5.74) is 0.195. The molecule has 1 aliphatic rings. The Morgan fingerprint density at radius 2 is 2.04 bits per heavy atom. The highest BCUT2D eigenvalue weighted by molar-refractivity contribution is 5.67. The van der Waals surface area contributed by atoms with Crippen molar-refractivity contribution < 1.29 is 13.9 Å². The van der Waals surface area contributed by atoms with E-state index in [1.807, 2.05) is 26.8 Å². The van der Waals surface area contributed by atoms with Crippen LogP contribution in [0.2, 0.25) is 0 Å². The first-order valence-corrected chi connectivity index (χ1v) is 8.29. The molecule has 1 aliphatic carbocycles. The Kier molecular flexibility index (Phi) is 5.99. The topological polar surface area (TPSA) is 50.4 Å². The molecule has 4 nitrogen and oxygen atoms in total. The van der Waals surface area contributed by atoms with Crippen LogP contribution in [0.5, 0.6) is 0 Å². The molecular weight excluding hydrogens is 295 g/mol. The smallest absolute Gasteiger partial charge is 0.407 e. The summed E-state index contributed by atoms with van der Waals surface area (Å²) in [7, 11) is 0. The van der Waals surface area contributed by atoms with Crippen molar-refractivity contribution in [2.24, 2.45) is 5.92 Å². The number of amides is 1. The highest BCUT2D eigenvalue weighted by Gasteiger charge is 2.28. The largest absolute Gasteiger partial charge is 0.444 e. The van der Waals surface area contributed by atoms with Crippen LogP contribution in [0.4, 0.5) is 9.18 Å². The minimum Gasteiger partial charge on any atom is -0.444 e. The van der Waals surface area contributed by atoms with Crippen LogP contribution in [0.1, 0.15) is 45.6 Å². The quantitative estimate of drug-likeness (QED) is 0.871. The lowest BCUT2D eigenvalue weighted by molar-refractivity contribution is 0.0517. The van der Waals surface area contributed by atoms with Gasteiger partial charge in [-0.2, -0.15) is 0 Å². The molecule has 2 atom stereocenters. The number of ether oxygens (including phenoxy) is 1. The Morgan fingerprint density at radius 1 is 1.30 bits per heavy atom. The standard InChI is InChI=1S/C18H27FN2O2/c1-18(2,3)23-17(22)21-12-14-8-6-10-16(14)20-11-13-7-4-5-9-15(13)19/h4-5,7,9,14,16,20H,6,8,10-12H2,1-3H3,(H,21,22). The molecule has 0 spiro atoms. The minimum absolute atomic E-state index is 0.179. The van der Waals surface area contributed by atoms with Gasteiger partial charge in [0, 0.05) is 24.7 Å². The number of nitrogens with one attached hydrogen (secondary N) is 2. The molecule has 5 heteroatoms. The molecule has 2 rings (SSSR count). The molecule has 0 saturated heterocycles. The van der Waals surface area contributed by atoms with Gasteiger partial charge in [-0.05, 0) is 45.6 Å². The molecule has 2 N–H and O–H groups in total. The maximum absolute atomic E-state index is 13.7. The number of hydrogen-bond donors (Lipinski definition) is 2. The zero-order valence-corrected chi connectivity index (χ0v) is 14.2. The molecule has 0 bridgehead atoms. The maximum Gasteiger partial charge on any atom is 0.407 e. The highest BCUT2D eigenvalue weighted by atomic mass is 19.1. The fraction of sp³-hybridized carbons (Fsp3) is 0.611. The molecular formula is C18H27FN2O2. The number of carbonyl (C=O) groups excluding carboxylic acids is 1. The van der Waals surface area contributed by atoms with E-state index in [2.05, 4.69) is 10.6 Å². The van der Waals surface area contributed by atoms with Crippen molar-refractivity contribution in [1.82, 2.24) is 10.6 Å². The summed E-state index contributed by atoms with van der Waals surface area (Å²) in [5.74, 6) is 0.177. The second-order valence-electron chi connectivity index (χ2n) is 7.15. The second kappa shape index (κ2) is 7.77. The van der Waals surface area contributed by atoms with Crippen molar-refractivity contribution >= 4 is 6.09 Å². The van der Waals surface area contributed by atoms with E-state index >= 15 is 0 Å². The van der Waals surface area contributed by atoms with Crippen molar-refractivity contribution in [2.75, 3.05) is 6.54 Å². The van der Waals surface area contributed by atoms with E-state index < -0.39 is 5.60 Å². The lowest BCUT2D eigenvalue weighted by atomic mass is 10.0. The number of alkyl carbamates (subject to hydrolysis) is 1. The summed E-state index contributed by atoms with van der Waals surface area (Å²) in [6.45, 7) is 6.65. The summed E-state index contributed by atoms with van der Waals surface area (Å²) >= 11 is 0. The fourth-order valence-corrected chi connectivity index (χ4v) is 2.96. The van der Waals surface area contributed by atoms with Gasteiger partial charge in [-0.25, -0.2) is 9.18 Å². The SMILES string of the molecule is CC(C)(C)OC(=O)NCC1CCCC1NCc1ccccc1F. The normalized spacial score (nSPS) is 21.2. The summed E-state index contributed by atoms with van der Waals surface area (Å²) in [5, 5.41) is 6.27. The third kappa shape index (κ3) is 5.82. The summed E-state index contributed by atoms with van der Waals surface area (Å²) in [4.78, 5) is 11.7. The van der Waals surface area contributed by atoms with Gasteiger partial charge in [-0.3, -0.25) is 0 Å².